The number of thiophene rings is 1. The summed E-state index contributed by atoms with van der Waals surface area (Å²) in [4.78, 5) is 14.5. The minimum absolute atomic E-state index is 0.151. The van der Waals surface area contributed by atoms with Gasteiger partial charge in [-0.3, -0.25) is 4.79 Å². The summed E-state index contributed by atoms with van der Waals surface area (Å²) in [6.07, 6.45) is 0. The van der Waals surface area contributed by atoms with Gasteiger partial charge in [0.25, 0.3) is 0 Å². The van der Waals surface area contributed by atoms with Gasteiger partial charge in [0.1, 0.15) is 0 Å². The van der Waals surface area contributed by atoms with Gasteiger partial charge >= 0.3 is 0 Å². The highest BCUT2D eigenvalue weighted by Crippen LogP contribution is 2.25. The first kappa shape index (κ1) is 12.1. The number of ketones is 1. The quantitative estimate of drug-likeness (QED) is 0.723. The number of hydrogen-bond acceptors (Lipinski definition) is 2. The predicted octanol–water partition coefficient (Wildman–Crippen LogP) is 4.21. The monoisotopic (exact) mass is 244 g/mol. The maximum atomic E-state index is 12.4. The van der Waals surface area contributed by atoms with Crippen LogP contribution in [0.25, 0.3) is 0 Å². The van der Waals surface area contributed by atoms with Gasteiger partial charge in [-0.1, -0.05) is 23.8 Å². The summed E-state index contributed by atoms with van der Waals surface area (Å²) >= 11 is 1.58. The highest BCUT2D eigenvalue weighted by Gasteiger charge is 2.16. The zero-order valence-electron chi connectivity index (χ0n) is 10.6. The van der Waals surface area contributed by atoms with Crippen LogP contribution >= 0.6 is 11.3 Å². The Bertz CT molecular complexity index is 579. The van der Waals surface area contributed by atoms with Gasteiger partial charge in [0.15, 0.2) is 0 Å². The average Bonchev–Trinajstić information content (AvgIpc) is 2.57. The summed E-state index contributed by atoms with van der Waals surface area (Å²) in [5.74, 6) is 0.151. The van der Waals surface area contributed by atoms with Gasteiger partial charge in [-0.05, 0) is 44.9 Å². The van der Waals surface area contributed by atoms with Crippen molar-refractivity contribution < 1.29 is 4.79 Å². The maximum absolute atomic E-state index is 12.4. The average molecular weight is 244 g/mol. The number of benzene rings is 1. The summed E-state index contributed by atoms with van der Waals surface area (Å²) in [6.45, 7) is 8.08. The first-order chi connectivity index (χ1) is 7.99. The molecule has 0 N–H and O–H groups in total. The van der Waals surface area contributed by atoms with Gasteiger partial charge < -0.3 is 0 Å². The van der Waals surface area contributed by atoms with Crippen LogP contribution in [0, 0.1) is 27.7 Å². The van der Waals surface area contributed by atoms with Crippen molar-refractivity contribution in [3.05, 3.63) is 56.3 Å². The van der Waals surface area contributed by atoms with Crippen molar-refractivity contribution in [2.75, 3.05) is 0 Å². The Kier molecular flexibility index (Phi) is 3.16. The minimum atomic E-state index is 0.151. The Labute approximate surface area is 106 Å². The lowest BCUT2D eigenvalue weighted by molar-refractivity contribution is 0.104. The standard InChI is InChI=1S/C15H16OS/c1-9-5-6-13(10(2)7-9)14(16)15-11(3)8-12(4)17-15/h5-8H,1-4H3. The lowest BCUT2D eigenvalue weighted by Gasteiger charge is -2.05. The Morgan fingerprint density at radius 3 is 2.24 bits per heavy atom. The molecular formula is C15H16OS. The zero-order valence-corrected chi connectivity index (χ0v) is 11.4. The molecule has 0 bridgehead atoms. The van der Waals surface area contributed by atoms with E-state index < -0.39 is 0 Å². The second-order valence-corrected chi connectivity index (χ2v) is 5.77. The molecule has 88 valence electrons. The van der Waals surface area contributed by atoms with Gasteiger partial charge in [0.2, 0.25) is 5.78 Å². The molecule has 2 heteroatoms. The molecule has 1 nitrogen and oxygen atoms in total. The third kappa shape index (κ3) is 2.32. The number of rotatable bonds is 2. The smallest absolute Gasteiger partial charge is 0.203 e. The topological polar surface area (TPSA) is 17.1 Å². The first-order valence-electron chi connectivity index (χ1n) is 5.68. The van der Waals surface area contributed by atoms with E-state index in [2.05, 4.69) is 12.1 Å². The van der Waals surface area contributed by atoms with Crippen molar-refractivity contribution in [2.45, 2.75) is 27.7 Å². The molecule has 2 aromatic rings. The van der Waals surface area contributed by atoms with E-state index in [4.69, 9.17) is 0 Å². The van der Waals surface area contributed by atoms with Gasteiger partial charge in [-0.2, -0.15) is 0 Å². The molecule has 0 atom stereocenters. The van der Waals surface area contributed by atoms with Crippen molar-refractivity contribution in [3.63, 3.8) is 0 Å². The van der Waals surface area contributed by atoms with Crippen LogP contribution in [0.2, 0.25) is 0 Å². The van der Waals surface area contributed by atoms with E-state index in [1.807, 2.05) is 39.8 Å². The zero-order chi connectivity index (χ0) is 12.6. The van der Waals surface area contributed by atoms with Crippen molar-refractivity contribution in [1.29, 1.82) is 0 Å². The molecule has 0 fully saturated rings. The molecule has 17 heavy (non-hydrogen) atoms. The van der Waals surface area contributed by atoms with Crippen molar-refractivity contribution >= 4 is 17.1 Å². The molecule has 0 saturated carbocycles. The van der Waals surface area contributed by atoms with E-state index in [9.17, 15) is 4.79 Å². The summed E-state index contributed by atoms with van der Waals surface area (Å²) < 4.78 is 0. The number of aryl methyl sites for hydroxylation is 4. The van der Waals surface area contributed by atoms with E-state index in [-0.39, 0.29) is 5.78 Å². The normalized spacial score (nSPS) is 10.6. The number of carbonyl (C=O) groups excluding carboxylic acids is 1. The Morgan fingerprint density at radius 2 is 1.71 bits per heavy atom. The Balaban J connectivity index is 2.47. The van der Waals surface area contributed by atoms with Gasteiger partial charge in [-0.15, -0.1) is 11.3 Å². The van der Waals surface area contributed by atoms with Crippen molar-refractivity contribution in [1.82, 2.24) is 0 Å². The first-order valence-corrected chi connectivity index (χ1v) is 6.49. The van der Waals surface area contributed by atoms with Crippen molar-refractivity contribution in [2.24, 2.45) is 0 Å². The fraction of sp³-hybridized carbons (Fsp3) is 0.267. The van der Waals surface area contributed by atoms with Gasteiger partial charge in [-0.25, -0.2) is 0 Å². The van der Waals surface area contributed by atoms with Crippen LogP contribution in [0.5, 0.6) is 0 Å². The van der Waals surface area contributed by atoms with Gasteiger partial charge in [0.05, 0.1) is 4.88 Å². The lowest BCUT2D eigenvalue weighted by Crippen LogP contribution is -2.03. The molecular weight excluding hydrogens is 228 g/mol. The molecule has 0 radical (unpaired) electrons. The van der Waals surface area contributed by atoms with E-state index in [0.29, 0.717) is 0 Å². The molecule has 0 aliphatic carbocycles. The fourth-order valence-electron chi connectivity index (χ4n) is 2.06. The van der Waals surface area contributed by atoms with Crippen LogP contribution in [0.1, 0.15) is 36.8 Å². The summed E-state index contributed by atoms with van der Waals surface area (Å²) in [6, 6.07) is 8.06. The second-order valence-electron chi connectivity index (χ2n) is 4.52. The molecule has 1 aromatic heterocycles. The van der Waals surface area contributed by atoms with Crippen LogP contribution in [0.3, 0.4) is 0 Å². The molecule has 0 saturated heterocycles. The SMILES string of the molecule is Cc1ccc(C(=O)c2sc(C)cc2C)c(C)c1. The highest BCUT2D eigenvalue weighted by molar-refractivity contribution is 7.14. The summed E-state index contributed by atoms with van der Waals surface area (Å²) in [5, 5.41) is 0. The highest BCUT2D eigenvalue weighted by atomic mass is 32.1. The second kappa shape index (κ2) is 4.46. The molecule has 0 aliphatic rings. The molecule has 1 aromatic carbocycles. The van der Waals surface area contributed by atoms with E-state index in [1.165, 1.54) is 10.4 Å². The molecule has 1 heterocycles. The van der Waals surface area contributed by atoms with E-state index in [0.717, 1.165) is 21.6 Å². The van der Waals surface area contributed by atoms with Crippen LogP contribution in [-0.2, 0) is 0 Å². The van der Waals surface area contributed by atoms with Crippen LogP contribution < -0.4 is 0 Å². The summed E-state index contributed by atoms with van der Waals surface area (Å²) in [7, 11) is 0. The number of hydrogen-bond donors (Lipinski definition) is 0. The minimum Gasteiger partial charge on any atom is -0.288 e. The van der Waals surface area contributed by atoms with Crippen LogP contribution in [0.4, 0.5) is 0 Å². The third-order valence-electron chi connectivity index (χ3n) is 2.87. The molecule has 0 amide bonds. The fourth-order valence-corrected chi connectivity index (χ4v) is 3.04. The molecule has 0 aliphatic heterocycles. The van der Waals surface area contributed by atoms with E-state index >= 15 is 0 Å². The Morgan fingerprint density at radius 1 is 1.00 bits per heavy atom. The largest absolute Gasteiger partial charge is 0.288 e. The van der Waals surface area contributed by atoms with Gasteiger partial charge in [0, 0.05) is 10.4 Å². The van der Waals surface area contributed by atoms with E-state index in [1.54, 1.807) is 11.3 Å². The van der Waals surface area contributed by atoms with Crippen molar-refractivity contribution in [3.8, 4) is 0 Å². The number of carbonyl (C=O) groups is 1. The maximum Gasteiger partial charge on any atom is 0.203 e. The summed E-state index contributed by atoms with van der Waals surface area (Å²) in [5.41, 5.74) is 4.15. The molecule has 0 spiro atoms. The third-order valence-corrected chi connectivity index (χ3v) is 4.03. The molecule has 2 rings (SSSR count). The van der Waals surface area contributed by atoms with Crippen LogP contribution in [0.15, 0.2) is 24.3 Å². The lowest BCUT2D eigenvalue weighted by atomic mass is 10.0. The molecule has 0 unspecified atom stereocenters. The Hall–Kier alpha value is -1.41. The predicted molar refractivity (Wildman–Crippen MR) is 73.1 cm³/mol. The van der Waals surface area contributed by atoms with Crippen LogP contribution in [-0.4, -0.2) is 5.78 Å².